The Labute approximate surface area is 155 Å². The largest absolute Gasteiger partial charge is 0.325 e. The highest BCUT2D eigenvalue weighted by Gasteiger charge is 2.18. The molecular weight excluding hydrogens is 356 g/mol. The molecule has 1 aromatic heterocycles. The van der Waals surface area contributed by atoms with E-state index in [0.717, 1.165) is 11.4 Å². The van der Waals surface area contributed by atoms with E-state index in [0.29, 0.717) is 15.8 Å². The van der Waals surface area contributed by atoms with Crippen molar-refractivity contribution in [3.05, 3.63) is 70.2 Å². The Morgan fingerprint density at radius 2 is 1.80 bits per heavy atom. The van der Waals surface area contributed by atoms with E-state index in [-0.39, 0.29) is 11.9 Å². The molecule has 0 spiro atoms. The van der Waals surface area contributed by atoms with Crippen LogP contribution in [0, 0.1) is 0 Å². The number of hydrogen-bond donors (Lipinski definition) is 2. The van der Waals surface area contributed by atoms with E-state index in [1.165, 1.54) is 16.9 Å². The molecule has 2 N–H and O–H groups in total. The molecule has 7 heteroatoms. The Balaban J connectivity index is 1.66. The van der Waals surface area contributed by atoms with Crippen LogP contribution < -0.4 is 10.6 Å². The van der Waals surface area contributed by atoms with Crippen LogP contribution in [0.25, 0.3) is 0 Å². The number of hydrogen-bond acceptors (Lipinski definition) is 4. The van der Waals surface area contributed by atoms with Crippen molar-refractivity contribution in [2.24, 2.45) is 0 Å². The molecule has 0 aliphatic carbocycles. The maximum atomic E-state index is 12.1. The molecule has 0 aliphatic rings. The van der Waals surface area contributed by atoms with E-state index in [9.17, 15) is 4.79 Å². The van der Waals surface area contributed by atoms with Crippen LogP contribution in [0.4, 0.5) is 15.6 Å². The fourth-order valence-electron chi connectivity index (χ4n) is 2.46. The van der Waals surface area contributed by atoms with Gasteiger partial charge in [0.2, 0.25) is 5.13 Å². The second kappa shape index (κ2) is 8.09. The first kappa shape index (κ1) is 17.4. The summed E-state index contributed by atoms with van der Waals surface area (Å²) in [5.74, 6) is 0.175. The monoisotopic (exact) mass is 372 g/mol. The number of rotatable bonds is 5. The summed E-state index contributed by atoms with van der Waals surface area (Å²) in [6.07, 6.45) is 0.912. The smallest absolute Gasteiger partial charge is 0.308 e. The van der Waals surface area contributed by atoms with E-state index < -0.39 is 0 Å². The van der Waals surface area contributed by atoms with Crippen LogP contribution >= 0.6 is 22.9 Å². The molecular formula is C18H17ClN4OS. The Kier molecular flexibility index (Phi) is 5.63. The molecule has 25 heavy (non-hydrogen) atoms. The minimum absolute atomic E-state index is 0.175. The van der Waals surface area contributed by atoms with Gasteiger partial charge in [-0.25, -0.2) is 4.79 Å². The van der Waals surface area contributed by atoms with Gasteiger partial charge in [-0.1, -0.05) is 60.2 Å². The van der Waals surface area contributed by atoms with Gasteiger partial charge in [0.25, 0.3) is 0 Å². The van der Waals surface area contributed by atoms with Crippen LogP contribution in [-0.4, -0.2) is 16.2 Å². The molecule has 1 atom stereocenters. The predicted octanol–water partition coefficient (Wildman–Crippen LogP) is 5.38. The lowest BCUT2D eigenvalue weighted by molar-refractivity contribution is 0.262. The van der Waals surface area contributed by atoms with Gasteiger partial charge in [-0.05, 0) is 36.2 Å². The Bertz CT molecular complexity index is 836. The Morgan fingerprint density at radius 3 is 2.48 bits per heavy atom. The molecule has 0 unspecified atom stereocenters. The van der Waals surface area contributed by atoms with Crippen molar-refractivity contribution in [3.8, 4) is 0 Å². The van der Waals surface area contributed by atoms with Crippen LogP contribution in [0.1, 0.15) is 29.8 Å². The third kappa shape index (κ3) is 4.55. The zero-order valence-electron chi connectivity index (χ0n) is 13.6. The third-order valence-corrected chi connectivity index (χ3v) is 4.88. The molecule has 128 valence electrons. The molecule has 0 saturated carbocycles. The molecule has 0 aliphatic heterocycles. The van der Waals surface area contributed by atoms with Crippen LogP contribution in [0.5, 0.6) is 0 Å². The molecule has 0 fully saturated rings. The molecule has 0 bridgehead atoms. The molecule has 3 rings (SSSR count). The average molecular weight is 373 g/mol. The number of carbonyl (C=O) groups excluding carboxylic acids is 1. The van der Waals surface area contributed by atoms with Gasteiger partial charge in [-0.2, -0.15) is 0 Å². The standard InChI is InChI=1S/C18H17ClN4OS/c1-2-15(12-6-4-3-5-7-12)16-22-23-18(25-16)21-17(24)20-14-10-8-13(19)9-11-14/h3-11,15H,2H2,1H3,(H2,20,21,23,24)/t15-/m0/s1. The van der Waals surface area contributed by atoms with Crippen molar-refractivity contribution in [1.29, 1.82) is 0 Å². The van der Waals surface area contributed by atoms with Gasteiger partial charge in [0.15, 0.2) is 0 Å². The number of anilines is 2. The number of halogens is 1. The second-order valence-electron chi connectivity index (χ2n) is 5.40. The highest BCUT2D eigenvalue weighted by atomic mass is 35.5. The summed E-state index contributed by atoms with van der Waals surface area (Å²) in [7, 11) is 0. The van der Waals surface area contributed by atoms with E-state index in [1.807, 2.05) is 18.2 Å². The summed E-state index contributed by atoms with van der Waals surface area (Å²) < 4.78 is 0. The topological polar surface area (TPSA) is 66.9 Å². The second-order valence-corrected chi connectivity index (χ2v) is 6.85. The van der Waals surface area contributed by atoms with Crippen LogP contribution in [-0.2, 0) is 0 Å². The lowest BCUT2D eigenvalue weighted by atomic mass is 9.97. The highest BCUT2D eigenvalue weighted by Crippen LogP contribution is 2.31. The van der Waals surface area contributed by atoms with Crippen LogP contribution in [0.2, 0.25) is 5.02 Å². The van der Waals surface area contributed by atoms with Crippen molar-refractivity contribution in [2.75, 3.05) is 10.6 Å². The van der Waals surface area contributed by atoms with Crippen molar-refractivity contribution in [3.63, 3.8) is 0 Å². The predicted molar refractivity (Wildman–Crippen MR) is 103 cm³/mol. The van der Waals surface area contributed by atoms with Crippen molar-refractivity contribution < 1.29 is 4.79 Å². The van der Waals surface area contributed by atoms with E-state index in [2.05, 4.69) is 39.9 Å². The van der Waals surface area contributed by atoms with Gasteiger partial charge in [0.05, 0.1) is 0 Å². The number of aromatic nitrogens is 2. The number of benzene rings is 2. The van der Waals surface area contributed by atoms with E-state index in [1.54, 1.807) is 24.3 Å². The third-order valence-electron chi connectivity index (χ3n) is 3.67. The highest BCUT2D eigenvalue weighted by molar-refractivity contribution is 7.15. The lowest BCUT2D eigenvalue weighted by Crippen LogP contribution is -2.19. The van der Waals surface area contributed by atoms with Crippen LogP contribution in [0.3, 0.4) is 0 Å². The summed E-state index contributed by atoms with van der Waals surface area (Å²) in [6.45, 7) is 2.11. The number of nitrogens with one attached hydrogen (secondary N) is 2. The van der Waals surface area contributed by atoms with Gasteiger partial charge < -0.3 is 5.32 Å². The lowest BCUT2D eigenvalue weighted by Gasteiger charge is -2.11. The van der Waals surface area contributed by atoms with Crippen molar-refractivity contribution in [1.82, 2.24) is 10.2 Å². The number of urea groups is 1. The van der Waals surface area contributed by atoms with Gasteiger partial charge in [0, 0.05) is 16.6 Å². The molecule has 5 nitrogen and oxygen atoms in total. The summed E-state index contributed by atoms with van der Waals surface area (Å²) in [5, 5.41) is 15.7. The molecule has 1 heterocycles. The first-order chi connectivity index (χ1) is 12.2. The number of amides is 2. The average Bonchev–Trinajstić information content (AvgIpc) is 3.06. The molecule has 2 aromatic carbocycles. The first-order valence-corrected chi connectivity index (χ1v) is 9.07. The zero-order chi connectivity index (χ0) is 17.6. The first-order valence-electron chi connectivity index (χ1n) is 7.87. The minimum Gasteiger partial charge on any atom is -0.308 e. The molecule has 3 aromatic rings. The summed E-state index contributed by atoms with van der Waals surface area (Å²) in [5.41, 5.74) is 1.85. The fraction of sp³-hybridized carbons (Fsp3) is 0.167. The summed E-state index contributed by atoms with van der Waals surface area (Å²) >= 11 is 7.22. The van der Waals surface area contributed by atoms with E-state index in [4.69, 9.17) is 11.6 Å². The minimum atomic E-state index is -0.363. The summed E-state index contributed by atoms with van der Waals surface area (Å²) in [4.78, 5) is 12.1. The fourth-order valence-corrected chi connectivity index (χ4v) is 3.53. The molecule has 0 radical (unpaired) electrons. The SMILES string of the molecule is CC[C@@H](c1ccccc1)c1nnc(NC(=O)Nc2ccc(Cl)cc2)s1. The quantitative estimate of drug-likeness (QED) is 0.632. The number of nitrogens with zero attached hydrogens (tertiary/aromatic N) is 2. The van der Waals surface area contributed by atoms with Gasteiger partial charge in [-0.15, -0.1) is 10.2 Å². The number of carbonyl (C=O) groups is 1. The zero-order valence-corrected chi connectivity index (χ0v) is 15.1. The maximum absolute atomic E-state index is 12.1. The molecule has 0 saturated heterocycles. The van der Waals surface area contributed by atoms with Gasteiger partial charge in [0.1, 0.15) is 5.01 Å². The van der Waals surface area contributed by atoms with Crippen molar-refractivity contribution >= 4 is 39.8 Å². The van der Waals surface area contributed by atoms with Gasteiger partial charge in [-0.3, -0.25) is 5.32 Å². The Hall–Kier alpha value is -2.44. The normalized spacial score (nSPS) is 11.8. The van der Waals surface area contributed by atoms with E-state index >= 15 is 0 Å². The Morgan fingerprint density at radius 1 is 1.08 bits per heavy atom. The summed E-state index contributed by atoms with van der Waals surface area (Å²) in [6, 6.07) is 16.7. The van der Waals surface area contributed by atoms with Crippen molar-refractivity contribution in [2.45, 2.75) is 19.3 Å². The van der Waals surface area contributed by atoms with Gasteiger partial charge >= 0.3 is 6.03 Å². The maximum Gasteiger partial charge on any atom is 0.325 e. The van der Waals surface area contributed by atoms with Crippen LogP contribution in [0.15, 0.2) is 54.6 Å². The molecule has 2 amide bonds.